The molecule has 1 amide bonds. The average molecular weight is 367 g/mol. The van der Waals surface area contributed by atoms with E-state index in [0.29, 0.717) is 16.9 Å². The van der Waals surface area contributed by atoms with Crippen molar-refractivity contribution in [3.63, 3.8) is 0 Å². The Hall–Kier alpha value is -3.42. The predicted octanol–water partition coefficient (Wildman–Crippen LogP) is 3.09. The molecule has 0 aliphatic rings. The number of para-hydroxylation sites is 1. The first-order chi connectivity index (χ1) is 12.8. The lowest BCUT2D eigenvalue weighted by Crippen LogP contribution is -2.32. The number of rotatable bonds is 4. The summed E-state index contributed by atoms with van der Waals surface area (Å²) in [5.41, 5.74) is 0.865. The van der Waals surface area contributed by atoms with E-state index in [0.717, 1.165) is 11.3 Å². The molecule has 0 aliphatic heterocycles. The number of nitrogens with zero attached hydrogens (tertiary/aromatic N) is 2. The van der Waals surface area contributed by atoms with Crippen molar-refractivity contribution in [1.29, 1.82) is 0 Å². The summed E-state index contributed by atoms with van der Waals surface area (Å²) in [7, 11) is 0. The fraction of sp³-hybridized carbons (Fsp3) is 0.263. The number of aromatic amines is 1. The van der Waals surface area contributed by atoms with Gasteiger partial charge in [-0.2, -0.15) is 4.98 Å². The third-order valence-corrected chi connectivity index (χ3v) is 3.59. The second-order valence-corrected chi connectivity index (χ2v) is 6.93. The third kappa shape index (κ3) is 4.81. The predicted molar refractivity (Wildman–Crippen MR) is 103 cm³/mol. The molecule has 0 saturated carbocycles. The number of nitrogens with one attached hydrogen (secondary N) is 3. The molecule has 0 fully saturated rings. The standard InChI is InChI=1S/C19H21N5O3/c1-19(2,3)27-18(26)21-11-12-7-4-5-9-14(12)22-16-13-8-6-10-20-15(13)23-17(25)24-16/h4-10H,11H2,1-3H3,(H,21,26)(H2,20,22,23,24,25). The van der Waals surface area contributed by atoms with Gasteiger partial charge in [0.2, 0.25) is 0 Å². The van der Waals surface area contributed by atoms with Gasteiger partial charge in [0.15, 0.2) is 5.65 Å². The lowest BCUT2D eigenvalue weighted by atomic mass is 10.1. The van der Waals surface area contributed by atoms with Gasteiger partial charge in [-0.25, -0.2) is 14.6 Å². The third-order valence-electron chi connectivity index (χ3n) is 3.59. The molecular weight excluding hydrogens is 346 g/mol. The first-order valence-electron chi connectivity index (χ1n) is 8.49. The van der Waals surface area contributed by atoms with Gasteiger partial charge >= 0.3 is 11.8 Å². The summed E-state index contributed by atoms with van der Waals surface area (Å²) in [6.07, 6.45) is 1.08. The number of carbonyl (C=O) groups is 1. The van der Waals surface area contributed by atoms with Crippen LogP contribution in [-0.4, -0.2) is 26.6 Å². The van der Waals surface area contributed by atoms with Crippen LogP contribution in [0.15, 0.2) is 47.4 Å². The normalized spacial score (nSPS) is 11.2. The molecule has 0 saturated heterocycles. The Morgan fingerprint density at radius 1 is 1.19 bits per heavy atom. The second-order valence-electron chi connectivity index (χ2n) is 6.93. The van der Waals surface area contributed by atoms with Crippen molar-refractivity contribution in [2.75, 3.05) is 5.32 Å². The highest BCUT2D eigenvalue weighted by molar-refractivity contribution is 5.88. The topological polar surface area (TPSA) is 109 Å². The lowest BCUT2D eigenvalue weighted by molar-refractivity contribution is 0.0523. The summed E-state index contributed by atoms with van der Waals surface area (Å²) in [5.74, 6) is 0.489. The smallest absolute Gasteiger partial charge is 0.407 e. The van der Waals surface area contributed by atoms with Crippen molar-refractivity contribution in [2.45, 2.75) is 32.9 Å². The van der Waals surface area contributed by atoms with E-state index in [1.807, 2.05) is 30.3 Å². The monoisotopic (exact) mass is 367 g/mol. The van der Waals surface area contributed by atoms with Crippen LogP contribution in [0.2, 0.25) is 0 Å². The zero-order chi connectivity index (χ0) is 19.4. The number of fused-ring (bicyclic) bond motifs is 1. The van der Waals surface area contributed by atoms with Crippen LogP contribution >= 0.6 is 0 Å². The van der Waals surface area contributed by atoms with Gasteiger partial charge in [0.25, 0.3) is 0 Å². The Bertz CT molecular complexity index is 1020. The van der Waals surface area contributed by atoms with Crippen molar-refractivity contribution in [2.24, 2.45) is 0 Å². The van der Waals surface area contributed by atoms with Crippen LogP contribution in [-0.2, 0) is 11.3 Å². The number of aromatic nitrogens is 3. The number of hydrogen-bond acceptors (Lipinski definition) is 6. The molecule has 8 heteroatoms. The summed E-state index contributed by atoms with van der Waals surface area (Å²) in [4.78, 5) is 34.4. The molecule has 27 heavy (non-hydrogen) atoms. The van der Waals surface area contributed by atoms with E-state index < -0.39 is 17.4 Å². The van der Waals surface area contributed by atoms with Crippen LogP contribution in [0.4, 0.5) is 16.3 Å². The Morgan fingerprint density at radius 2 is 1.96 bits per heavy atom. The van der Waals surface area contributed by atoms with Crippen LogP contribution in [0.25, 0.3) is 11.0 Å². The van der Waals surface area contributed by atoms with E-state index in [-0.39, 0.29) is 6.54 Å². The maximum Gasteiger partial charge on any atom is 0.407 e. The Balaban J connectivity index is 1.83. The van der Waals surface area contributed by atoms with Gasteiger partial charge in [0.1, 0.15) is 11.4 Å². The molecule has 8 nitrogen and oxygen atoms in total. The molecule has 3 aromatic rings. The van der Waals surface area contributed by atoms with Crippen LogP contribution < -0.4 is 16.3 Å². The number of carbonyl (C=O) groups excluding carboxylic acids is 1. The van der Waals surface area contributed by atoms with E-state index in [1.165, 1.54) is 0 Å². The van der Waals surface area contributed by atoms with Crippen LogP contribution in [0.1, 0.15) is 26.3 Å². The number of hydrogen-bond donors (Lipinski definition) is 3. The summed E-state index contributed by atoms with van der Waals surface area (Å²) in [6.45, 7) is 5.69. The molecule has 0 aliphatic carbocycles. The second kappa shape index (κ2) is 7.45. The lowest BCUT2D eigenvalue weighted by Gasteiger charge is -2.20. The minimum atomic E-state index is -0.565. The van der Waals surface area contributed by atoms with Crippen molar-refractivity contribution in [1.82, 2.24) is 20.3 Å². The van der Waals surface area contributed by atoms with Gasteiger partial charge in [0, 0.05) is 18.4 Å². The zero-order valence-electron chi connectivity index (χ0n) is 15.4. The minimum Gasteiger partial charge on any atom is -0.444 e. The highest BCUT2D eigenvalue weighted by Crippen LogP contribution is 2.23. The van der Waals surface area contributed by atoms with Crippen molar-refractivity contribution >= 4 is 28.6 Å². The van der Waals surface area contributed by atoms with E-state index in [2.05, 4.69) is 25.6 Å². The van der Waals surface area contributed by atoms with E-state index >= 15 is 0 Å². The van der Waals surface area contributed by atoms with Crippen molar-refractivity contribution < 1.29 is 9.53 Å². The summed E-state index contributed by atoms with van der Waals surface area (Å²) >= 11 is 0. The Kier molecular flexibility index (Phi) is 5.07. The Labute approximate surface area is 156 Å². The largest absolute Gasteiger partial charge is 0.444 e. The molecule has 140 valence electrons. The van der Waals surface area contributed by atoms with Crippen LogP contribution in [0, 0.1) is 0 Å². The summed E-state index contributed by atoms with van der Waals surface area (Å²) < 4.78 is 5.26. The molecule has 0 atom stereocenters. The van der Waals surface area contributed by atoms with E-state index in [1.54, 1.807) is 33.0 Å². The average Bonchev–Trinajstić information content (AvgIpc) is 2.59. The maximum absolute atomic E-state index is 11.9. The summed E-state index contributed by atoms with van der Waals surface area (Å²) in [5, 5.41) is 6.62. The minimum absolute atomic E-state index is 0.267. The van der Waals surface area contributed by atoms with Crippen molar-refractivity contribution in [3.8, 4) is 0 Å². The quantitative estimate of drug-likeness (QED) is 0.654. The molecule has 0 spiro atoms. The SMILES string of the molecule is CC(C)(C)OC(=O)NCc1ccccc1Nc1[nH]c(=O)nc2ncccc12. The molecule has 2 heterocycles. The van der Waals surface area contributed by atoms with Gasteiger partial charge in [-0.05, 0) is 44.5 Å². The Morgan fingerprint density at radius 3 is 2.74 bits per heavy atom. The number of amides is 1. The first kappa shape index (κ1) is 18.4. The molecule has 1 aromatic carbocycles. The van der Waals surface area contributed by atoms with Gasteiger partial charge in [-0.15, -0.1) is 0 Å². The fourth-order valence-corrected chi connectivity index (χ4v) is 2.49. The number of alkyl carbamates (subject to hydrolysis) is 1. The molecular formula is C19H21N5O3. The molecule has 0 bridgehead atoms. The van der Waals surface area contributed by atoms with Gasteiger partial charge in [-0.1, -0.05) is 18.2 Å². The van der Waals surface area contributed by atoms with Crippen molar-refractivity contribution in [3.05, 3.63) is 58.6 Å². The van der Waals surface area contributed by atoms with Crippen LogP contribution in [0.5, 0.6) is 0 Å². The van der Waals surface area contributed by atoms with E-state index in [9.17, 15) is 9.59 Å². The number of pyridine rings is 1. The molecule has 0 radical (unpaired) electrons. The van der Waals surface area contributed by atoms with Gasteiger partial charge in [0.05, 0.1) is 5.39 Å². The summed E-state index contributed by atoms with van der Waals surface area (Å²) in [6, 6.07) is 11.0. The molecule has 3 N–H and O–H groups in total. The van der Waals surface area contributed by atoms with E-state index in [4.69, 9.17) is 4.74 Å². The number of H-pyrrole nitrogens is 1. The number of benzene rings is 1. The maximum atomic E-state index is 11.9. The van der Waals surface area contributed by atoms with Gasteiger partial charge < -0.3 is 15.4 Å². The highest BCUT2D eigenvalue weighted by atomic mass is 16.6. The van der Waals surface area contributed by atoms with Gasteiger partial charge in [-0.3, -0.25) is 4.98 Å². The fourth-order valence-electron chi connectivity index (χ4n) is 2.49. The molecule has 0 unspecified atom stereocenters. The highest BCUT2D eigenvalue weighted by Gasteiger charge is 2.16. The number of ether oxygens (including phenoxy) is 1. The van der Waals surface area contributed by atoms with Crippen LogP contribution in [0.3, 0.4) is 0 Å². The zero-order valence-corrected chi connectivity index (χ0v) is 15.4. The number of anilines is 2. The molecule has 3 rings (SSSR count). The first-order valence-corrected chi connectivity index (χ1v) is 8.49. The molecule has 2 aromatic heterocycles.